The summed E-state index contributed by atoms with van der Waals surface area (Å²) in [6.45, 7) is 5.24. The highest BCUT2D eigenvalue weighted by molar-refractivity contribution is 7.92. The van der Waals surface area contributed by atoms with Gasteiger partial charge in [0, 0.05) is 50.0 Å². The summed E-state index contributed by atoms with van der Waals surface area (Å²) < 4.78 is 26.4. The highest BCUT2D eigenvalue weighted by atomic mass is 32.2. The lowest BCUT2D eigenvalue weighted by atomic mass is 9.98. The number of ketones is 1. The fourth-order valence-corrected chi connectivity index (χ4v) is 5.01. The maximum absolute atomic E-state index is 12.8. The van der Waals surface area contributed by atoms with Crippen molar-refractivity contribution in [3.63, 3.8) is 0 Å². The minimum atomic E-state index is -3.59. The SMILES string of the molecule is Cc1cc(C(=O)N2CCC(O)CC2)cc(C)c1/C=C/S(=O)(=O)N1CCC(=O)CC1. The number of Topliss-reactive ketones (excluding diaryl/α,β-unsaturated/α-hetero) is 1. The molecule has 8 heteroatoms. The smallest absolute Gasteiger partial charge is 0.253 e. The zero-order valence-electron chi connectivity index (χ0n) is 16.9. The third kappa shape index (κ3) is 5.12. The van der Waals surface area contributed by atoms with E-state index in [1.165, 1.54) is 9.71 Å². The predicted octanol–water partition coefficient (Wildman–Crippen LogP) is 1.87. The molecule has 2 fully saturated rings. The lowest BCUT2D eigenvalue weighted by Gasteiger charge is -2.30. The first-order valence-corrected chi connectivity index (χ1v) is 11.5. The number of carbonyl (C=O) groups is 2. The molecule has 2 heterocycles. The first-order valence-electron chi connectivity index (χ1n) is 9.96. The number of aryl methyl sites for hydroxylation is 2. The number of rotatable bonds is 4. The van der Waals surface area contributed by atoms with Crippen molar-refractivity contribution in [2.45, 2.75) is 45.6 Å². The molecule has 1 aromatic rings. The molecular formula is C21H28N2O5S. The summed E-state index contributed by atoms with van der Waals surface area (Å²) in [7, 11) is -3.59. The number of aliphatic hydroxyl groups is 1. The molecule has 7 nitrogen and oxygen atoms in total. The van der Waals surface area contributed by atoms with Gasteiger partial charge in [-0.05, 0) is 61.6 Å². The summed E-state index contributed by atoms with van der Waals surface area (Å²) in [5.74, 6) is 0.0276. The second kappa shape index (κ2) is 8.77. The lowest BCUT2D eigenvalue weighted by Crippen LogP contribution is -2.40. The third-order valence-corrected chi connectivity index (χ3v) is 7.20. The lowest BCUT2D eigenvalue weighted by molar-refractivity contribution is -0.120. The number of aliphatic hydroxyl groups excluding tert-OH is 1. The van der Waals surface area contributed by atoms with Crippen LogP contribution in [0.4, 0.5) is 0 Å². The maximum atomic E-state index is 12.8. The highest BCUT2D eigenvalue weighted by Gasteiger charge is 2.25. The van der Waals surface area contributed by atoms with E-state index in [-0.39, 0.29) is 43.7 Å². The van der Waals surface area contributed by atoms with Gasteiger partial charge in [0.2, 0.25) is 10.0 Å². The Labute approximate surface area is 172 Å². The molecule has 158 valence electrons. The second-order valence-electron chi connectivity index (χ2n) is 7.83. The van der Waals surface area contributed by atoms with Crippen molar-refractivity contribution in [2.24, 2.45) is 0 Å². The van der Waals surface area contributed by atoms with Crippen molar-refractivity contribution < 1.29 is 23.1 Å². The maximum Gasteiger partial charge on any atom is 0.253 e. The third-order valence-electron chi connectivity index (χ3n) is 5.64. The average Bonchev–Trinajstić information content (AvgIpc) is 2.67. The van der Waals surface area contributed by atoms with E-state index in [0.29, 0.717) is 31.5 Å². The first kappa shape index (κ1) is 21.7. The fourth-order valence-electron chi connectivity index (χ4n) is 3.84. The number of carbonyl (C=O) groups excluding carboxylic acids is 2. The van der Waals surface area contributed by atoms with E-state index in [0.717, 1.165) is 16.7 Å². The quantitative estimate of drug-likeness (QED) is 0.802. The molecule has 0 spiro atoms. The van der Waals surface area contributed by atoms with Gasteiger partial charge >= 0.3 is 0 Å². The summed E-state index contributed by atoms with van der Waals surface area (Å²) in [5.41, 5.74) is 2.99. The Balaban J connectivity index is 1.76. The van der Waals surface area contributed by atoms with Crippen molar-refractivity contribution in [2.75, 3.05) is 26.2 Å². The summed E-state index contributed by atoms with van der Waals surface area (Å²) in [6, 6.07) is 3.57. The van der Waals surface area contributed by atoms with Crippen molar-refractivity contribution in [3.05, 3.63) is 39.8 Å². The number of hydrogen-bond acceptors (Lipinski definition) is 5. The summed E-state index contributed by atoms with van der Waals surface area (Å²) in [4.78, 5) is 25.9. The number of nitrogens with zero attached hydrogens (tertiary/aromatic N) is 2. The Morgan fingerprint density at radius 2 is 1.62 bits per heavy atom. The minimum Gasteiger partial charge on any atom is -0.393 e. The van der Waals surface area contributed by atoms with E-state index < -0.39 is 10.0 Å². The van der Waals surface area contributed by atoms with E-state index in [4.69, 9.17) is 0 Å². The van der Waals surface area contributed by atoms with Gasteiger partial charge in [0.15, 0.2) is 0 Å². The molecule has 2 saturated heterocycles. The van der Waals surface area contributed by atoms with Gasteiger partial charge in [-0.25, -0.2) is 8.42 Å². The van der Waals surface area contributed by atoms with Gasteiger partial charge < -0.3 is 10.0 Å². The number of hydrogen-bond donors (Lipinski definition) is 1. The average molecular weight is 421 g/mol. The Kier molecular flexibility index (Phi) is 6.55. The van der Waals surface area contributed by atoms with Crippen LogP contribution in [0.3, 0.4) is 0 Å². The molecule has 0 radical (unpaired) electrons. The molecule has 1 amide bonds. The van der Waals surface area contributed by atoms with Crippen molar-refractivity contribution in [1.82, 2.24) is 9.21 Å². The summed E-state index contributed by atoms with van der Waals surface area (Å²) >= 11 is 0. The van der Waals surface area contributed by atoms with Crippen LogP contribution in [0.2, 0.25) is 0 Å². The molecule has 1 N–H and O–H groups in total. The van der Waals surface area contributed by atoms with E-state index >= 15 is 0 Å². The summed E-state index contributed by atoms with van der Waals surface area (Å²) in [5, 5.41) is 10.8. The topological polar surface area (TPSA) is 95.0 Å². The Morgan fingerprint density at radius 1 is 1.07 bits per heavy atom. The Hall–Kier alpha value is -2.03. The first-order chi connectivity index (χ1) is 13.7. The molecule has 0 unspecified atom stereocenters. The molecule has 0 saturated carbocycles. The van der Waals surface area contributed by atoms with E-state index in [9.17, 15) is 23.1 Å². The minimum absolute atomic E-state index is 0.0655. The van der Waals surface area contributed by atoms with Crippen LogP contribution in [0.5, 0.6) is 0 Å². The van der Waals surface area contributed by atoms with Crippen molar-refractivity contribution >= 4 is 27.8 Å². The number of piperidine rings is 2. The Bertz CT molecular complexity index is 897. The predicted molar refractivity (Wildman–Crippen MR) is 111 cm³/mol. The molecule has 0 aromatic heterocycles. The van der Waals surface area contributed by atoms with Gasteiger partial charge in [-0.1, -0.05) is 0 Å². The molecule has 3 rings (SSSR count). The number of likely N-dealkylation sites (tertiary alicyclic amines) is 1. The van der Waals surface area contributed by atoms with Gasteiger partial charge in [-0.3, -0.25) is 9.59 Å². The van der Waals surface area contributed by atoms with Gasteiger partial charge in [-0.2, -0.15) is 4.31 Å². The van der Waals surface area contributed by atoms with Gasteiger partial charge in [0.1, 0.15) is 5.78 Å². The Morgan fingerprint density at radius 3 is 2.17 bits per heavy atom. The fraction of sp³-hybridized carbons (Fsp3) is 0.524. The number of benzene rings is 1. The summed E-state index contributed by atoms with van der Waals surface area (Å²) in [6.07, 6.45) is 2.93. The van der Waals surface area contributed by atoms with Crippen LogP contribution in [0.15, 0.2) is 17.5 Å². The van der Waals surface area contributed by atoms with Crippen LogP contribution in [-0.2, 0) is 14.8 Å². The number of sulfonamides is 1. The van der Waals surface area contributed by atoms with Gasteiger partial charge in [0.25, 0.3) is 5.91 Å². The van der Waals surface area contributed by atoms with Crippen LogP contribution in [0, 0.1) is 13.8 Å². The van der Waals surface area contributed by atoms with Crippen LogP contribution in [0.25, 0.3) is 6.08 Å². The van der Waals surface area contributed by atoms with E-state index in [1.807, 2.05) is 13.8 Å². The molecule has 0 atom stereocenters. The zero-order chi connectivity index (χ0) is 21.2. The van der Waals surface area contributed by atoms with Crippen LogP contribution >= 0.6 is 0 Å². The molecule has 0 bridgehead atoms. The second-order valence-corrected chi connectivity index (χ2v) is 9.65. The monoisotopic (exact) mass is 420 g/mol. The molecule has 2 aliphatic rings. The molecule has 1 aromatic carbocycles. The highest BCUT2D eigenvalue weighted by Crippen LogP contribution is 2.22. The van der Waals surface area contributed by atoms with E-state index in [1.54, 1.807) is 23.1 Å². The van der Waals surface area contributed by atoms with Crippen LogP contribution in [-0.4, -0.2) is 66.7 Å². The normalized spacial score (nSPS) is 19.8. The van der Waals surface area contributed by atoms with E-state index in [2.05, 4.69) is 0 Å². The van der Waals surface area contributed by atoms with Crippen molar-refractivity contribution in [3.8, 4) is 0 Å². The molecule has 2 aliphatic heterocycles. The zero-order valence-corrected chi connectivity index (χ0v) is 17.7. The van der Waals surface area contributed by atoms with Crippen LogP contribution in [0.1, 0.15) is 52.7 Å². The van der Waals surface area contributed by atoms with Crippen molar-refractivity contribution in [1.29, 1.82) is 0 Å². The number of amides is 1. The van der Waals surface area contributed by atoms with Crippen LogP contribution < -0.4 is 0 Å². The van der Waals surface area contributed by atoms with Gasteiger partial charge in [-0.15, -0.1) is 0 Å². The molecule has 29 heavy (non-hydrogen) atoms. The molecular weight excluding hydrogens is 392 g/mol. The van der Waals surface area contributed by atoms with Gasteiger partial charge in [0.05, 0.1) is 6.10 Å². The standard InChI is InChI=1S/C21H28N2O5S/c1-15-13-17(21(26)22-8-3-18(24)4-9-22)14-16(2)20(15)7-12-29(27,28)23-10-5-19(25)6-11-23/h7,12-14,18,24H,3-6,8-11H2,1-2H3/b12-7+. The molecule has 0 aliphatic carbocycles. The largest absolute Gasteiger partial charge is 0.393 e.